The molecule has 0 radical (unpaired) electrons. The van der Waals surface area contributed by atoms with Gasteiger partial charge in [0, 0.05) is 6.42 Å². The summed E-state index contributed by atoms with van der Waals surface area (Å²) in [7, 11) is 0. The lowest BCUT2D eigenvalue weighted by molar-refractivity contribution is -0.145. The van der Waals surface area contributed by atoms with Crippen LogP contribution in [0.25, 0.3) is 0 Å². The summed E-state index contributed by atoms with van der Waals surface area (Å²) in [6, 6.07) is 0. The fraction of sp³-hybridized carbons (Fsp3) is 0.714. The highest BCUT2D eigenvalue weighted by Gasteiger charge is 2.18. The molecule has 0 saturated heterocycles. The Balaban J connectivity index is 0. The Morgan fingerprint density at radius 2 is 1.91 bits per heavy atom. The number of hydrogen-bond donors (Lipinski definition) is 2. The average molecular weight is 161 g/mol. The maximum atomic E-state index is 10.8. The van der Waals surface area contributed by atoms with Crippen LogP contribution in [0.5, 0.6) is 0 Å². The zero-order valence-corrected chi connectivity index (χ0v) is 6.96. The Kier molecular flexibility index (Phi) is 6.78. The molecule has 0 aromatic heterocycles. The monoisotopic (exact) mass is 161 g/mol. The second kappa shape index (κ2) is 5.85. The average Bonchev–Trinajstić information content (AvgIpc) is 1.87. The third-order valence-electron chi connectivity index (χ3n) is 1.35. The van der Waals surface area contributed by atoms with Crippen molar-refractivity contribution in [3.05, 3.63) is 0 Å². The van der Waals surface area contributed by atoms with Crippen LogP contribution in [-0.4, -0.2) is 16.9 Å². The molecule has 66 valence electrons. The van der Waals surface area contributed by atoms with E-state index in [1.54, 1.807) is 0 Å². The van der Waals surface area contributed by atoms with Gasteiger partial charge in [-0.05, 0) is 13.3 Å². The summed E-state index contributed by atoms with van der Waals surface area (Å²) in [6.07, 6.45) is 1.09. The summed E-state index contributed by atoms with van der Waals surface area (Å²) in [5, 5.41) is 8.36. The lowest BCUT2D eigenvalue weighted by Gasteiger charge is -2.01. The minimum Gasteiger partial charge on any atom is -0.481 e. The largest absolute Gasteiger partial charge is 0.481 e. The van der Waals surface area contributed by atoms with Crippen LogP contribution in [0.4, 0.5) is 0 Å². The second-order valence-corrected chi connectivity index (χ2v) is 2.28. The molecule has 0 amide bonds. The van der Waals surface area contributed by atoms with E-state index in [2.05, 4.69) is 0 Å². The first-order valence-corrected chi connectivity index (χ1v) is 3.35. The molecule has 1 unspecified atom stereocenters. The zero-order valence-electron chi connectivity index (χ0n) is 6.96. The van der Waals surface area contributed by atoms with E-state index < -0.39 is 11.9 Å². The summed E-state index contributed by atoms with van der Waals surface area (Å²) >= 11 is 0. The molecule has 0 saturated carbocycles. The lowest BCUT2D eigenvalue weighted by atomic mass is 10.0. The summed E-state index contributed by atoms with van der Waals surface area (Å²) in [4.78, 5) is 21.0. The van der Waals surface area contributed by atoms with E-state index >= 15 is 0 Å². The molecule has 4 nitrogen and oxygen atoms in total. The van der Waals surface area contributed by atoms with Gasteiger partial charge >= 0.3 is 5.97 Å². The van der Waals surface area contributed by atoms with Crippen molar-refractivity contribution in [1.29, 1.82) is 0 Å². The number of carboxylic acid groups (broad SMARTS) is 1. The summed E-state index contributed by atoms with van der Waals surface area (Å²) in [6.45, 7) is 3.27. The Morgan fingerprint density at radius 3 is 2.18 bits per heavy atom. The van der Waals surface area contributed by atoms with Gasteiger partial charge in [-0.3, -0.25) is 9.59 Å². The topological polar surface area (TPSA) is 89.4 Å². The third-order valence-corrected chi connectivity index (χ3v) is 1.35. The fourth-order valence-electron chi connectivity index (χ4n) is 0.601. The summed E-state index contributed by atoms with van der Waals surface area (Å²) in [5.41, 5.74) is 0. The molecule has 0 bridgehead atoms. The number of ketones is 1. The predicted molar refractivity (Wildman–Crippen MR) is 41.7 cm³/mol. The lowest BCUT2D eigenvalue weighted by Crippen LogP contribution is -2.19. The molecule has 0 aliphatic rings. The van der Waals surface area contributed by atoms with Crippen molar-refractivity contribution in [3.63, 3.8) is 0 Å². The van der Waals surface area contributed by atoms with Gasteiger partial charge in [-0.25, -0.2) is 0 Å². The highest BCUT2D eigenvalue weighted by atomic mass is 16.4. The zero-order chi connectivity index (χ0) is 8.15. The van der Waals surface area contributed by atoms with E-state index in [-0.39, 0.29) is 11.9 Å². The van der Waals surface area contributed by atoms with Crippen molar-refractivity contribution in [3.8, 4) is 0 Å². The Hall–Kier alpha value is -0.900. The Morgan fingerprint density at radius 1 is 1.45 bits per heavy atom. The molecule has 0 rings (SSSR count). The van der Waals surface area contributed by atoms with E-state index in [4.69, 9.17) is 5.11 Å². The number of carbonyl (C=O) groups is 2. The van der Waals surface area contributed by atoms with Crippen molar-refractivity contribution in [2.75, 3.05) is 0 Å². The van der Waals surface area contributed by atoms with Crippen LogP contribution < -0.4 is 6.15 Å². The second-order valence-electron chi connectivity index (χ2n) is 2.28. The van der Waals surface area contributed by atoms with Gasteiger partial charge in [0.15, 0.2) is 0 Å². The first-order valence-electron chi connectivity index (χ1n) is 3.35. The Bertz CT molecular complexity index is 145. The fourth-order valence-corrected chi connectivity index (χ4v) is 0.601. The van der Waals surface area contributed by atoms with Crippen LogP contribution in [0.15, 0.2) is 0 Å². The molecule has 0 spiro atoms. The molecule has 0 aromatic carbocycles. The quantitative estimate of drug-likeness (QED) is 0.607. The van der Waals surface area contributed by atoms with Gasteiger partial charge in [0.2, 0.25) is 0 Å². The van der Waals surface area contributed by atoms with Crippen molar-refractivity contribution in [1.82, 2.24) is 6.15 Å². The maximum Gasteiger partial charge on any atom is 0.313 e. The highest BCUT2D eigenvalue weighted by Crippen LogP contribution is 2.02. The first kappa shape index (κ1) is 12.7. The van der Waals surface area contributed by atoms with Crippen LogP contribution >= 0.6 is 0 Å². The van der Waals surface area contributed by atoms with Crippen LogP contribution in [0.2, 0.25) is 0 Å². The van der Waals surface area contributed by atoms with Crippen LogP contribution in [0.1, 0.15) is 26.7 Å². The maximum absolute atomic E-state index is 10.8. The number of aliphatic carboxylic acids is 1. The van der Waals surface area contributed by atoms with E-state index in [1.165, 1.54) is 6.92 Å². The normalized spacial score (nSPS) is 11.5. The van der Waals surface area contributed by atoms with Crippen molar-refractivity contribution in [2.24, 2.45) is 5.92 Å². The van der Waals surface area contributed by atoms with Crippen molar-refractivity contribution in [2.45, 2.75) is 26.7 Å². The predicted octanol–water partition coefficient (Wildman–Crippen LogP) is 1.24. The van der Waals surface area contributed by atoms with Crippen molar-refractivity contribution < 1.29 is 14.7 Å². The van der Waals surface area contributed by atoms with E-state index in [0.717, 1.165) is 6.42 Å². The standard InChI is InChI=1S/C7H12O3.H3N/c1-3-4-6(8)5(2)7(9)10;/h5H,3-4H2,1-2H3,(H,9,10);1H3. The smallest absolute Gasteiger partial charge is 0.313 e. The highest BCUT2D eigenvalue weighted by molar-refractivity contribution is 5.97. The molecule has 11 heavy (non-hydrogen) atoms. The molecular weight excluding hydrogens is 146 g/mol. The molecule has 0 fully saturated rings. The molecule has 4 N–H and O–H groups in total. The number of rotatable bonds is 4. The molecule has 0 aliphatic heterocycles. The van der Waals surface area contributed by atoms with Gasteiger partial charge in [0.05, 0.1) is 0 Å². The summed E-state index contributed by atoms with van der Waals surface area (Å²) in [5.74, 6) is -2.05. The third kappa shape index (κ3) is 4.50. The Labute approximate surface area is 66.2 Å². The van der Waals surface area contributed by atoms with E-state index in [9.17, 15) is 9.59 Å². The van der Waals surface area contributed by atoms with Crippen LogP contribution in [0, 0.1) is 5.92 Å². The molecule has 4 heteroatoms. The minimum atomic E-state index is -1.03. The van der Waals surface area contributed by atoms with Gasteiger partial charge in [-0.2, -0.15) is 0 Å². The SMILES string of the molecule is CCCC(=O)C(C)C(=O)O.N. The van der Waals surface area contributed by atoms with E-state index in [0.29, 0.717) is 6.42 Å². The van der Waals surface area contributed by atoms with Gasteiger partial charge in [-0.1, -0.05) is 6.92 Å². The van der Waals surface area contributed by atoms with E-state index in [1.807, 2.05) is 6.92 Å². The van der Waals surface area contributed by atoms with Gasteiger partial charge in [0.1, 0.15) is 11.7 Å². The molecular formula is C7H15NO3. The molecule has 0 aromatic rings. The molecule has 0 heterocycles. The van der Waals surface area contributed by atoms with Crippen molar-refractivity contribution >= 4 is 11.8 Å². The minimum absolute atomic E-state index is 0. The summed E-state index contributed by atoms with van der Waals surface area (Å²) < 4.78 is 0. The molecule has 1 atom stereocenters. The molecule has 0 aliphatic carbocycles. The number of carbonyl (C=O) groups excluding carboxylic acids is 1. The first-order chi connectivity index (χ1) is 4.59. The van der Waals surface area contributed by atoms with Crippen LogP contribution in [0.3, 0.4) is 0 Å². The number of Topliss-reactive ketones (excluding diaryl/α,β-unsaturated/α-hetero) is 1. The van der Waals surface area contributed by atoms with Gasteiger partial charge < -0.3 is 11.3 Å². The van der Waals surface area contributed by atoms with Crippen LogP contribution in [-0.2, 0) is 9.59 Å². The van der Waals surface area contributed by atoms with Gasteiger partial charge in [0.25, 0.3) is 0 Å². The number of carboxylic acids is 1. The van der Waals surface area contributed by atoms with Gasteiger partial charge in [-0.15, -0.1) is 0 Å². The number of hydrogen-bond acceptors (Lipinski definition) is 3.